The molecule has 0 saturated heterocycles. The summed E-state index contributed by atoms with van der Waals surface area (Å²) in [6.07, 6.45) is 0. The van der Waals surface area contributed by atoms with Crippen LogP contribution in [-0.2, 0) is 0 Å². The van der Waals surface area contributed by atoms with Crippen LogP contribution in [0.15, 0.2) is 28.7 Å². The molecule has 1 heterocycles. The number of anilines is 1. The minimum atomic E-state index is -0.554. The lowest BCUT2D eigenvalue weighted by molar-refractivity contribution is -0.385. The second kappa shape index (κ2) is 5.70. The molecule has 0 fully saturated rings. The molecule has 2 N–H and O–H groups in total. The van der Waals surface area contributed by atoms with E-state index in [-0.39, 0.29) is 29.1 Å². The Kier molecular flexibility index (Phi) is 3.99. The Morgan fingerprint density at radius 3 is 2.65 bits per heavy atom. The van der Waals surface area contributed by atoms with Crippen LogP contribution in [0.3, 0.4) is 0 Å². The monoisotopic (exact) mass is 340 g/mol. The van der Waals surface area contributed by atoms with Crippen LogP contribution in [0.1, 0.15) is 0 Å². The summed E-state index contributed by atoms with van der Waals surface area (Å²) in [6, 6.07) is 5.77. The molecule has 104 valence electrons. The van der Waals surface area contributed by atoms with Gasteiger partial charge in [0.25, 0.3) is 0 Å². The van der Waals surface area contributed by atoms with Gasteiger partial charge in [-0.3, -0.25) is 10.1 Å². The van der Waals surface area contributed by atoms with Crippen LogP contribution in [-0.4, -0.2) is 22.0 Å². The predicted molar refractivity (Wildman–Crippen MR) is 73.9 cm³/mol. The standard InChI is InChI=1S/C11H9BrN4O4/c1-19-9-5-10(15-11(13)14-9)20-8-3-2-6(12)4-7(8)16(17)18/h2-5H,1H3,(H2,13,14,15). The number of methoxy groups -OCH3 is 1. The summed E-state index contributed by atoms with van der Waals surface area (Å²) in [4.78, 5) is 18.0. The first-order chi connectivity index (χ1) is 9.49. The maximum atomic E-state index is 11.0. The number of rotatable bonds is 4. The normalized spacial score (nSPS) is 10.1. The quantitative estimate of drug-likeness (QED) is 0.671. The number of nitrogens with two attached hydrogens (primary N) is 1. The molecule has 0 aliphatic heterocycles. The van der Waals surface area contributed by atoms with Crippen LogP contribution < -0.4 is 15.2 Å². The van der Waals surface area contributed by atoms with Gasteiger partial charge < -0.3 is 15.2 Å². The molecule has 0 radical (unpaired) electrons. The van der Waals surface area contributed by atoms with Crippen LogP contribution in [0.5, 0.6) is 17.5 Å². The smallest absolute Gasteiger partial charge is 0.312 e. The highest BCUT2D eigenvalue weighted by atomic mass is 79.9. The number of aromatic nitrogens is 2. The lowest BCUT2D eigenvalue weighted by atomic mass is 10.3. The summed E-state index contributed by atoms with van der Waals surface area (Å²) < 4.78 is 10.9. The van der Waals surface area contributed by atoms with Gasteiger partial charge in [-0.2, -0.15) is 9.97 Å². The van der Waals surface area contributed by atoms with Gasteiger partial charge in [0.05, 0.1) is 18.1 Å². The number of nitro groups is 1. The minimum absolute atomic E-state index is 0.0401. The Labute approximate surface area is 121 Å². The van der Waals surface area contributed by atoms with E-state index in [0.29, 0.717) is 4.47 Å². The summed E-state index contributed by atoms with van der Waals surface area (Å²) >= 11 is 3.16. The number of hydrogen-bond donors (Lipinski definition) is 1. The van der Waals surface area contributed by atoms with Crippen molar-refractivity contribution < 1.29 is 14.4 Å². The maximum absolute atomic E-state index is 11.0. The summed E-state index contributed by atoms with van der Waals surface area (Å²) in [5.41, 5.74) is 5.29. The van der Waals surface area contributed by atoms with E-state index in [9.17, 15) is 10.1 Å². The number of nitro benzene ring substituents is 1. The first-order valence-electron chi connectivity index (χ1n) is 5.30. The third-order valence-corrected chi connectivity index (χ3v) is 2.73. The summed E-state index contributed by atoms with van der Waals surface area (Å²) in [5, 5.41) is 11.0. The van der Waals surface area contributed by atoms with Gasteiger partial charge in [0.15, 0.2) is 0 Å². The zero-order valence-electron chi connectivity index (χ0n) is 10.2. The fraction of sp³-hybridized carbons (Fsp3) is 0.0909. The molecule has 1 aromatic carbocycles. The zero-order valence-corrected chi connectivity index (χ0v) is 11.8. The van der Waals surface area contributed by atoms with Crippen molar-refractivity contribution in [2.45, 2.75) is 0 Å². The lowest BCUT2D eigenvalue weighted by Crippen LogP contribution is -2.00. The van der Waals surface area contributed by atoms with Crippen LogP contribution in [0.2, 0.25) is 0 Å². The van der Waals surface area contributed by atoms with Crippen molar-refractivity contribution in [3.8, 4) is 17.5 Å². The van der Waals surface area contributed by atoms with E-state index in [4.69, 9.17) is 15.2 Å². The predicted octanol–water partition coefficient (Wildman–Crippen LogP) is 2.53. The molecule has 0 unspecified atom stereocenters. The topological polar surface area (TPSA) is 113 Å². The first-order valence-corrected chi connectivity index (χ1v) is 6.09. The van der Waals surface area contributed by atoms with Gasteiger partial charge in [0.1, 0.15) is 0 Å². The fourth-order valence-electron chi connectivity index (χ4n) is 1.41. The summed E-state index contributed by atoms with van der Waals surface area (Å²) in [7, 11) is 1.41. The van der Waals surface area contributed by atoms with Gasteiger partial charge in [-0.15, -0.1) is 0 Å². The number of halogens is 1. The van der Waals surface area contributed by atoms with E-state index in [2.05, 4.69) is 25.9 Å². The molecule has 1 aromatic heterocycles. The van der Waals surface area contributed by atoms with Crippen LogP contribution in [0.4, 0.5) is 11.6 Å². The first kappa shape index (κ1) is 14.0. The van der Waals surface area contributed by atoms with Crippen molar-refractivity contribution >= 4 is 27.6 Å². The summed E-state index contributed by atoms with van der Waals surface area (Å²) in [5.74, 6) is 0.240. The van der Waals surface area contributed by atoms with Crippen molar-refractivity contribution in [3.05, 3.63) is 38.9 Å². The van der Waals surface area contributed by atoms with Crippen LogP contribution >= 0.6 is 15.9 Å². The van der Waals surface area contributed by atoms with Gasteiger partial charge >= 0.3 is 5.69 Å². The molecule has 20 heavy (non-hydrogen) atoms. The number of benzene rings is 1. The van der Waals surface area contributed by atoms with Crippen LogP contribution in [0, 0.1) is 10.1 Å². The van der Waals surface area contributed by atoms with E-state index >= 15 is 0 Å². The van der Waals surface area contributed by atoms with E-state index in [1.807, 2.05) is 0 Å². The Bertz CT molecular complexity index is 665. The van der Waals surface area contributed by atoms with E-state index in [0.717, 1.165) is 0 Å². The molecule has 2 rings (SSSR count). The second-order valence-corrected chi connectivity index (χ2v) is 4.49. The second-order valence-electron chi connectivity index (χ2n) is 3.58. The van der Waals surface area contributed by atoms with E-state index in [1.54, 1.807) is 6.07 Å². The fourth-order valence-corrected chi connectivity index (χ4v) is 1.76. The maximum Gasteiger partial charge on any atom is 0.312 e. The molecule has 0 aliphatic carbocycles. The highest BCUT2D eigenvalue weighted by Gasteiger charge is 2.17. The number of nitrogen functional groups attached to an aromatic ring is 1. The van der Waals surface area contributed by atoms with Gasteiger partial charge in [-0.05, 0) is 12.1 Å². The van der Waals surface area contributed by atoms with Crippen molar-refractivity contribution in [1.29, 1.82) is 0 Å². The molecule has 0 aliphatic rings. The van der Waals surface area contributed by atoms with Crippen molar-refractivity contribution in [1.82, 2.24) is 9.97 Å². The Morgan fingerprint density at radius 2 is 2.00 bits per heavy atom. The molecule has 0 spiro atoms. The van der Waals surface area contributed by atoms with E-state index in [1.165, 1.54) is 25.3 Å². The minimum Gasteiger partial charge on any atom is -0.481 e. The van der Waals surface area contributed by atoms with Crippen molar-refractivity contribution in [2.24, 2.45) is 0 Å². The molecule has 8 nitrogen and oxygen atoms in total. The van der Waals surface area contributed by atoms with Crippen molar-refractivity contribution in [3.63, 3.8) is 0 Å². The third kappa shape index (κ3) is 3.12. The zero-order chi connectivity index (χ0) is 14.7. The highest BCUT2D eigenvalue weighted by molar-refractivity contribution is 9.10. The molecule has 2 aromatic rings. The average molecular weight is 341 g/mol. The van der Waals surface area contributed by atoms with Gasteiger partial charge in [0.2, 0.25) is 23.5 Å². The molecule has 0 saturated carbocycles. The number of nitrogens with zero attached hydrogens (tertiary/aromatic N) is 3. The van der Waals surface area contributed by atoms with Crippen molar-refractivity contribution in [2.75, 3.05) is 12.8 Å². The summed E-state index contributed by atoms with van der Waals surface area (Å²) in [6.45, 7) is 0. The number of hydrogen-bond acceptors (Lipinski definition) is 7. The molecule has 9 heteroatoms. The van der Waals surface area contributed by atoms with Crippen LogP contribution in [0.25, 0.3) is 0 Å². The highest BCUT2D eigenvalue weighted by Crippen LogP contribution is 2.33. The van der Waals surface area contributed by atoms with Gasteiger partial charge in [-0.25, -0.2) is 0 Å². The molecular weight excluding hydrogens is 332 g/mol. The Hall–Kier alpha value is -2.42. The third-order valence-electron chi connectivity index (χ3n) is 2.24. The SMILES string of the molecule is COc1cc(Oc2ccc(Br)cc2[N+](=O)[O-])nc(N)n1. The Morgan fingerprint density at radius 1 is 1.30 bits per heavy atom. The van der Waals surface area contributed by atoms with Gasteiger partial charge in [-0.1, -0.05) is 15.9 Å². The largest absolute Gasteiger partial charge is 0.481 e. The number of ether oxygens (including phenoxy) is 2. The molecule has 0 bridgehead atoms. The molecule has 0 amide bonds. The van der Waals surface area contributed by atoms with E-state index < -0.39 is 4.92 Å². The van der Waals surface area contributed by atoms with Gasteiger partial charge in [0, 0.05) is 10.5 Å². The Balaban J connectivity index is 2.39. The molecule has 0 atom stereocenters. The average Bonchev–Trinajstić information content (AvgIpc) is 2.40. The molecular formula is C11H9BrN4O4. The lowest BCUT2D eigenvalue weighted by Gasteiger charge is -2.07.